The van der Waals surface area contributed by atoms with E-state index in [-0.39, 0.29) is 17.4 Å². The average Bonchev–Trinajstić information content (AvgIpc) is 3.41. The number of carbonyl (C=O) groups is 2. The number of hydrogen-bond acceptors (Lipinski definition) is 5. The molecular formula is C26H29NO5. The molecule has 1 heterocycles. The molecule has 2 aromatic carbocycles. The average molecular weight is 436 g/mol. The lowest BCUT2D eigenvalue weighted by Crippen LogP contribution is -2.37. The van der Waals surface area contributed by atoms with Crippen molar-refractivity contribution >= 4 is 17.4 Å². The van der Waals surface area contributed by atoms with Crippen LogP contribution in [-0.2, 0) is 9.59 Å². The van der Waals surface area contributed by atoms with Crippen LogP contribution in [0.15, 0.2) is 54.1 Å². The Balaban J connectivity index is 1.87. The fourth-order valence-corrected chi connectivity index (χ4v) is 4.75. The van der Waals surface area contributed by atoms with Gasteiger partial charge in [-0.15, -0.1) is 0 Å². The van der Waals surface area contributed by atoms with Gasteiger partial charge in [-0.05, 0) is 44.4 Å². The molecule has 32 heavy (non-hydrogen) atoms. The van der Waals surface area contributed by atoms with Gasteiger partial charge in [0.25, 0.3) is 11.7 Å². The summed E-state index contributed by atoms with van der Waals surface area (Å²) in [6, 6.07) is 13.9. The molecule has 6 nitrogen and oxygen atoms in total. The number of ketones is 1. The van der Waals surface area contributed by atoms with E-state index >= 15 is 0 Å². The second-order valence-corrected chi connectivity index (χ2v) is 8.08. The molecule has 2 fully saturated rings. The monoisotopic (exact) mass is 435 g/mol. The Labute approximate surface area is 188 Å². The van der Waals surface area contributed by atoms with E-state index in [0.29, 0.717) is 30.3 Å². The van der Waals surface area contributed by atoms with Crippen molar-refractivity contribution in [2.24, 2.45) is 0 Å². The lowest BCUT2D eigenvalue weighted by atomic mass is 9.94. The Morgan fingerprint density at radius 2 is 1.69 bits per heavy atom. The van der Waals surface area contributed by atoms with E-state index in [4.69, 9.17) is 9.47 Å². The van der Waals surface area contributed by atoms with Gasteiger partial charge < -0.3 is 19.5 Å². The lowest BCUT2D eigenvalue weighted by Gasteiger charge is -2.30. The van der Waals surface area contributed by atoms with E-state index in [1.165, 1.54) is 0 Å². The quantitative estimate of drug-likeness (QED) is 0.382. The van der Waals surface area contributed by atoms with Crippen LogP contribution in [0.4, 0.5) is 0 Å². The van der Waals surface area contributed by atoms with Crippen LogP contribution in [-0.4, -0.2) is 41.0 Å². The third-order valence-corrected chi connectivity index (χ3v) is 6.13. The van der Waals surface area contributed by atoms with Crippen molar-refractivity contribution in [3.63, 3.8) is 0 Å². The highest BCUT2D eigenvalue weighted by molar-refractivity contribution is 6.46. The van der Waals surface area contributed by atoms with Gasteiger partial charge in [-0.1, -0.05) is 43.2 Å². The smallest absolute Gasteiger partial charge is 0.295 e. The molecule has 1 unspecified atom stereocenters. The van der Waals surface area contributed by atoms with Gasteiger partial charge in [-0.3, -0.25) is 9.59 Å². The first-order valence-electron chi connectivity index (χ1n) is 11.3. The zero-order valence-corrected chi connectivity index (χ0v) is 18.5. The van der Waals surface area contributed by atoms with E-state index in [9.17, 15) is 14.7 Å². The number of carbonyl (C=O) groups excluding carboxylic acids is 2. The number of nitrogens with zero attached hydrogens (tertiary/aromatic N) is 1. The zero-order chi connectivity index (χ0) is 22.7. The van der Waals surface area contributed by atoms with Crippen molar-refractivity contribution in [2.45, 2.75) is 51.6 Å². The van der Waals surface area contributed by atoms with Crippen molar-refractivity contribution in [3.05, 3.63) is 65.2 Å². The Hall–Kier alpha value is -3.28. The first-order chi connectivity index (χ1) is 15.6. The Morgan fingerprint density at radius 3 is 2.34 bits per heavy atom. The molecule has 1 aliphatic carbocycles. The van der Waals surface area contributed by atoms with Gasteiger partial charge in [0.1, 0.15) is 17.3 Å². The highest BCUT2D eigenvalue weighted by Crippen LogP contribution is 2.44. The number of aliphatic hydroxyl groups excluding tert-OH is 1. The number of aliphatic hydroxyl groups is 1. The van der Waals surface area contributed by atoms with Crippen LogP contribution < -0.4 is 9.47 Å². The van der Waals surface area contributed by atoms with Crippen LogP contribution in [0.5, 0.6) is 11.5 Å². The van der Waals surface area contributed by atoms with Gasteiger partial charge in [0.05, 0.1) is 30.4 Å². The summed E-state index contributed by atoms with van der Waals surface area (Å²) in [5.41, 5.74) is 1.29. The van der Waals surface area contributed by atoms with Crippen LogP contribution in [0.25, 0.3) is 5.76 Å². The molecule has 0 spiro atoms. The third-order valence-electron chi connectivity index (χ3n) is 6.13. The predicted molar refractivity (Wildman–Crippen MR) is 122 cm³/mol. The molecule has 0 radical (unpaired) electrons. The summed E-state index contributed by atoms with van der Waals surface area (Å²) in [5.74, 6) is -0.395. The molecule has 168 valence electrons. The fourth-order valence-electron chi connectivity index (χ4n) is 4.75. The molecule has 1 aliphatic heterocycles. The molecule has 0 bridgehead atoms. The molecule has 2 aliphatic rings. The normalized spacial score (nSPS) is 20.7. The molecule has 0 aromatic heterocycles. The number of Topliss-reactive ketones (excluding diaryl/α,β-unsaturated/α-hetero) is 1. The molecule has 4 rings (SSSR count). The van der Waals surface area contributed by atoms with Gasteiger partial charge in [0.15, 0.2) is 0 Å². The van der Waals surface area contributed by atoms with E-state index in [0.717, 1.165) is 31.2 Å². The topological polar surface area (TPSA) is 76.1 Å². The summed E-state index contributed by atoms with van der Waals surface area (Å²) in [6.07, 6.45) is 3.79. The summed E-state index contributed by atoms with van der Waals surface area (Å²) in [7, 11) is 0. The zero-order valence-electron chi connectivity index (χ0n) is 18.5. The van der Waals surface area contributed by atoms with Crippen molar-refractivity contribution in [3.8, 4) is 11.5 Å². The number of likely N-dealkylation sites (tertiary alicyclic amines) is 1. The Bertz CT molecular complexity index is 1020. The maximum atomic E-state index is 13.2. The first kappa shape index (κ1) is 21.9. The molecule has 1 saturated heterocycles. The number of ether oxygens (including phenoxy) is 2. The van der Waals surface area contributed by atoms with Gasteiger partial charge in [-0.2, -0.15) is 0 Å². The van der Waals surface area contributed by atoms with E-state index < -0.39 is 17.7 Å². The number of amides is 1. The predicted octanol–water partition coefficient (Wildman–Crippen LogP) is 4.85. The minimum absolute atomic E-state index is 0.00588. The first-order valence-corrected chi connectivity index (χ1v) is 11.3. The van der Waals surface area contributed by atoms with Crippen LogP contribution in [0.3, 0.4) is 0 Å². The van der Waals surface area contributed by atoms with Crippen LogP contribution >= 0.6 is 0 Å². The molecule has 1 atom stereocenters. The molecule has 1 N–H and O–H groups in total. The third kappa shape index (κ3) is 3.97. The lowest BCUT2D eigenvalue weighted by molar-refractivity contribution is -0.141. The minimum Gasteiger partial charge on any atom is -0.507 e. The second kappa shape index (κ2) is 9.47. The molecule has 2 aromatic rings. The number of benzene rings is 2. The molecule has 1 saturated carbocycles. The minimum atomic E-state index is -0.653. The second-order valence-electron chi connectivity index (χ2n) is 8.08. The highest BCUT2D eigenvalue weighted by atomic mass is 16.5. The summed E-state index contributed by atoms with van der Waals surface area (Å²) >= 11 is 0. The van der Waals surface area contributed by atoms with Gasteiger partial charge in [0.2, 0.25) is 0 Å². The van der Waals surface area contributed by atoms with Crippen molar-refractivity contribution < 1.29 is 24.2 Å². The van der Waals surface area contributed by atoms with E-state index in [2.05, 4.69) is 0 Å². The summed E-state index contributed by atoms with van der Waals surface area (Å²) < 4.78 is 11.3. The van der Waals surface area contributed by atoms with Gasteiger partial charge >= 0.3 is 0 Å². The fraction of sp³-hybridized carbons (Fsp3) is 0.385. The van der Waals surface area contributed by atoms with Gasteiger partial charge in [0, 0.05) is 12.1 Å². The van der Waals surface area contributed by atoms with Crippen molar-refractivity contribution in [1.29, 1.82) is 0 Å². The van der Waals surface area contributed by atoms with E-state index in [1.54, 1.807) is 23.1 Å². The SMILES string of the molecule is CCOc1ccc(/C(O)=C2/C(=O)C(=O)N(C3CCCC3)C2c2ccccc2)c(OCC)c1. The molecular weight excluding hydrogens is 406 g/mol. The number of rotatable bonds is 7. The summed E-state index contributed by atoms with van der Waals surface area (Å²) in [5, 5.41) is 11.4. The van der Waals surface area contributed by atoms with Crippen LogP contribution in [0.2, 0.25) is 0 Å². The number of hydrogen-bond donors (Lipinski definition) is 1. The Kier molecular flexibility index (Phi) is 6.49. The van der Waals surface area contributed by atoms with Crippen molar-refractivity contribution in [2.75, 3.05) is 13.2 Å². The van der Waals surface area contributed by atoms with Gasteiger partial charge in [-0.25, -0.2) is 0 Å². The van der Waals surface area contributed by atoms with E-state index in [1.807, 2.05) is 44.2 Å². The molecule has 6 heteroatoms. The standard InChI is InChI=1S/C26H29NO5/c1-3-31-19-14-15-20(21(16-19)32-4-2)24(28)22-23(17-10-6-5-7-11-17)27(26(30)25(22)29)18-12-8-9-13-18/h5-7,10-11,14-16,18,23,28H,3-4,8-9,12-13H2,1-2H3/b24-22-. The van der Waals surface area contributed by atoms with Crippen LogP contribution in [0.1, 0.15) is 56.7 Å². The largest absolute Gasteiger partial charge is 0.507 e. The molecule has 1 amide bonds. The summed E-state index contributed by atoms with van der Waals surface area (Å²) in [4.78, 5) is 28.1. The Morgan fingerprint density at radius 1 is 1.00 bits per heavy atom. The van der Waals surface area contributed by atoms with Crippen LogP contribution in [0, 0.1) is 0 Å². The highest BCUT2D eigenvalue weighted by Gasteiger charge is 2.49. The maximum absolute atomic E-state index is 13.2. The summed E-state index contributed by atoms with van der Waals surface area (Å²) in [6.45, 7) is 4.62. The maximum Gasteiger partial charge on any atom is 0.295 e. The van der Waals surface area contributed by atoms with Crippen molar-refractivity contribution in [1.82, 2.24) is 4.90 Å².